The van der Waals surface area contributed by atoms with Crippen molar-refractivity contribution in [3.63, 3.8) is 0 Å². The van der Waals surface area contributed by atoms with Crippen LogP contribution in [-0.2, 0) is 13.1 Å². The van der Waals surface area contributed by atoms with Gasteiger partial charge in [-0.1, -0.05) is 0 Å². The Bertz CT molecular complexity index is 868. The highest BCUT2D eigenvalue weighted by molar-refractivity contribution is 7.15. The number of imidazole rings is 1. The first-order chi connectivity index (χ1) is 12.2. The molecule has 1 aliphatic rings. The number of nitrogens with zero attached hydrogens (tertiary/aromatic N) is 6. The normalized spacial score (nSPS) is 14.7. The van der Waals surface area contributed by atoms with Crippen molar-refractivity contribution >= 4 is 22.2 Å². The fourth-order valence-electron chi connectivity index (χ4n) is 3.22. The smallest absolute Gasteiger partial charge is 0.274 e. The van der Waals surface area contributed by atoms with Gasteiger partial charge in [-0.25, -0.2) is 4.98 Å². The van der Waals surface area contributed by atoms with Gasteiger partial charge in [0, 0.05) is 56.3 Å². The van der Waals surface area contributed by atoms with Crippen molar-refractivity contribution in [1.29, 1.82) is 0 Å². The first-order valence-electron chi connectivity index (χ1n) is 8.39. The maximum atomic E-state index is 12.9. The maximum Gasteiger partial charge on any atom is 0.274 e. The van der Waals surface area contributed by atoms with E-state index in [4.69, 9.17) is 0 Å². The van der Waals surface area contributed by atoms with Crippen LogP contribution in [0.5, 0.6) is 0 Å². The fraction of sp³-hybridized carbons (Fsp3) is 0.412. The summed E-state index contributed by atoms with van der Waals surface area (Å²) in [5.74, 6) is 0.0521. The molecule has 4 heterocycles. The molecule has 4 rings (SSSR count). The monoisotopic (exact) mass is 356 g/mol. The number of likely N-dealkylation sites (tertiary alicyclic amines) is 1. The number of carbonyl (C=O) groups is 1. The van der Waals surface area contributed by atoms with Gasteiger partial charge in [-0.2, -0.15) is 0 Å². The number of fused-ring (bicyclic) bond motifs is 1. The molecule has 1 saturated heterocycles. The summed E-state index contributed by atoms with van der Waals surface area (Å²) >= 11 is 1.55. The summed E-state index contributed by atoms with van der Waals surface area (Å²) in [5.41, 5.74) is 2.43. The van der Waals surface area contributed by atoms with Gasteiger partial charge >= 0.3 is 0 Å². The quantitative estimate of drug-likeness (QED) is 0.700. The summed E-state index contributed by atoms with van der Waals surface area (Å²) in [6.07, 6.45) is 9.28. The standard InChI is InChI=1S/C17H20N6OS/c1-21(11-13-10-18-4-5-19-13)12-14-15(16(24)22-6-2-3-7-22)20-17-23(14)8-9-25-17/h4-5,8-10H,2-3,6-7,11-12H2,1H3. The summed E-state index contributed by atoms with van der Waals surface area (Å²) in [7, 11) is 2.02. The van der Waals surface area contributed by atoms with Crippen molar-refractivity contribution in [1.82, 2.24) is 29.2 Å². The van der Waals surface area contributed by atoms with Crippen LogP contribution in [0.3, 0.4) is 0 Å². The zero-order valence-corrected chi connectivity index (χ0v) is 14.9. The highest BCUT2D eigenvalue weighted by Crippen LogP contribution is 2.22. The van der Waals surface area contributed by atoms with Crippen molar-refractivity contribution < 1.29 is 4.79 Å². The minimum atomic E-state index is 0.0521. The van der Waals surface area contributed by atoms with Crippen molar-refractivity contribution in [2.75, 3.05) is 20.1 Å². The van der Waals surface area contributed by atoms with Gasteiger partial charge in [0.25, 0.3) is 5.91 Å². The Hall–Kier alpha value is -2.32. The predicted octanol–water partition coefficient (Wildman–Crippen LogP) is 2.05. The average molecular weight is 356 g/mol. The molecule has 0 aromatic carbocycles. The molecule has 8 heteroatoms. The van der Waals surface area contributed by atoms with Gasteiger partial charge in [0.05, 0.1) is 11.4 Å². The second-order valence-corrected chi connectivity index (χ2v) is 7.20. The molecule has 130 valence electrons. The summed E-state index contributed by atoms with van der Waals surface area (Å²) in [4.78, 5) is 30.8. The molecule has 0 N–H and O–H groups in total. The topological polar surface area (TPSA) is 66.6 Å². The second-order valence-electron chi connectivity index (χ2n) is 6.33. The lowest BCUT2D eigenvalue weighted by Gasteiger charge is -2.18. The number of thiazole rings is 1. The van der Waals surface area contributed by atoms with Crippen LogP contribution >= 0.6 is 11.3 Å². The molecule has 0 radical (unpaired) electrons. The van der Waals surface area contributed by atoms with Gasteiger partial charge in [0.15, 0.2) is 10.7 Å². The van der Waals surface area contributed by atoms with E-state index in [0.717, 1.165) is 42.3 Å². The fourth-order valence-corrected chi connectivity index (χ4v) is 3.96. The summed E-state index contributed by atoms with van der Waals surface area (Å²) < 4.78 is 2.03. The first-order valence-corrected chi connectivity index (χ1v) is 9.27. The Labute approximate surface area is 150 Å². The highest BCUT2D eigenvalue weighted by atomic mass is 32.1. The van der Waals surface area contributed by atoms with E-state index in [2.05, 4.69) is 19.9 Å². The number of rotatable bonds is 5. The van der Waals surface area contributed by atoms with E-state index >= 15 is 0 Å². The van der Waals surface area contributed by atoms with Crippen LogP contribution in [0.25, 0.3) is 4.96 Å². The van der Waals surface area contributed by atoms with Crippen molar-refractivity contribution in [2.45, 2.75) is 25.9 Å². The lowest BCUT2D eigenvalue weighted by Crippen LogP contribution is -2.30. The van der Waals surface area contributed by atoms with Crippen LogP contribution in [-0.4, -0.2) is 55.2 Å². The van der Waals surface area contributed by atoms with Gasteiger partial charge in [-0.15, -0.1) is 11.3 Å². The van der Waals surface area contributed by atoms with Crippen LogP contribution in [0.1, 0.15) is 34.7 Å². The van der Waals surface area contributed by atoms with Crippen molar-refractivity contribution in [3.8, 4) is 0 Å². The van der Waals surface area contributed by atoms with E-state index in [1.165, 1.54) is 0 Å². The first kappa shape index (κ1) is 16.2. The van der Waals surface area contributed by atoms with Crippen LogP contribution < -0.4 is 0 Å². The Kier molecular flexibility index (Phi) is 4.46. The lowest BCUT2D eigenvalue weighted by atomic mass is 10.2. The molecule has 1 aliphatic heterocycles. The number of amides is 1. The molecule has 3 aromatic heterocycles. The number of aromatic nitrogens is 4. The molecule has 1 amide bonds. The Morgan fingerprint density at radius 2 is 2.12 bits per heavy atom. The molecule has 0 aliphatic carbocycles. The van der Waals surface area contributed by atoms with Crippen molar-refractivity contribution in [2.24, 2.45) is 0 Å². The minimum Gasteiger partial charge on any atom is -0.337 e. The third-order valence-electron chi connectivity index (χ3n) is 4.43. The van der Waals surface area contributed by atoms with Crippen LogP contribution in [0.4, 0.5) is 0 Å². The van der Waals surface area contributed by atoms with E-state index in [-0.39, 0.29) is 5.91 Å². The minimum absolute atomic E-state index is 0.0521. The molecule has 0 saturated carbocycles. The molecular formula is C17H20N6OS. The van der Waals surface area contributed by atoms with E-state index in [0.29, 0.717) is 18.8 Å². The highest BCUT2D eigenvalue weighted by Gasteiger charge is 2.26. The Morgan fingerprint density at radius 3 is 2.88 bits per heavy atom. The molecule has 25 heavy (non-hydrogen) atoms. The zero-order valence-electron chi connectivity index (χ0n) is 14.1. The average Bonchev–Trinajstić information content (AvgIpc) is 3.34. The van der Waals surface area contributed by atoms with Crippen LogP contribution in [0.2, 0.25) is 0 Å². The third-order valence-corrected chi connectivity index (χ3v) is 5.18. The number of hydrogen-bond acceptors (Lipinski definition) is 6. The van der Waals surface area contributed by atoms with Gasteiger partial charge < -0.3 is 4.90 Å². The van der Waals surface area contributed by atoms with Gasteiger partial charge in [0.2, 0.25) is 0 Å². The van der Waals surface area contributed by atoms with Crippen LogP contribution in [0.15, 0.2) is 30.2 Å². The Morgan fingerprint density at radius 1 is 1.28 bits per heavy atom. The zero-order chi connectivity index (χ0) is 17.2. The summed E-state index contributed by atoms with van der Waals surface area (Å²) in [5, 5.41) is 2.00. The molecule has 7 nitrogen and oxygen atoms in total. The Balaban J connectivity index is 1.60. The van der Waals surface area contributed by atoms with E-state index in [9.17, 15) is 4.79 Å². The molecule has 0 atom stereocenters. The number of carbonyl (C=O) groups excluding carboxylic acids is 1. The number of hydrogen-bond donors (Lipinski definition) is 0. The summed E-state index contributed by atoms with van der Waals surface area (Å²) in [6, 6.07) is 0. The van der Waals surface area contributed by atoms with E-state index in [1.54, 1.807) is 29.9 Å². The van der Waals surface area contributed by atoms with E-state index in [1.807, 2.05) is 27.9 Å². The molecule has 0 spiro atoms. The molecule has 3 aromatic rings. The van der Waals surface area contributed by atoms with Gasteiger partial charge in [-0.3, -0.25) is 24.1 Å². The largest absolute Gasteiger partial charge is 0.337 e. The van der Waals surface area contributed by atoms with Crippen molar-refractivity contribution in [3.05, 3.63) is 47.2 Å². The van der Waals surface area contributed by atoms with Gasteiger partial charge in [-0.05, 0) is 19.9 Å². The molecule has 1 fully saturated rings. The second kappa shape index (κ2) is 6.89. The lowest BCUT2D eigenvalue weighted by molar-refractivity contribution is 0.0785. The molecule has 0 unspecified atom stereocenters. The third kappa shape index (κ3) is 3.27. The predicted molar refractivity (Wildman–Crippen MR) is 95.4 cm³/mol. The van der Waals surface area contributed by atoms with Gasteiger partial charge in [0.1, 0.15) is 0 Å². The maximum absolute atomic E-state index is 12.9. The molecule has 0 bridgehead atoms. The summed E-state index contributed by atoms with van der Waals surface area (Å²) in [6.45, 7) is 2.96. The SMILES string of the molecule is CN(Cc1cnccn1)Cc1c(C(=O)N2CCCC2)nc2sccn12. The van der Waals surface area contributed by atoms with Crippen LogP contribution in [0, 0.1) is 0 Å². The molecular weight excluding hydrogens is 336 g/mol. The van der Waals surface area contributed by atoms with E-state index < -0.39 is 0 Å².